The Hall–Kier alpha value is -0.730. The average molecular weight is 223 g/mol. The van der Waals surface area contributed by atoms with Crippen LogP contribution in [0, 0.1) is 11.8 Å². The Morgan fingerprint density at radius 2 is 2.00 bits per heavy atom. The molecule has 0 fully saturated rings. The van der Waals surface area contributed by atoms with E-state index in [0.29, 0.717) is 13.0 Å². The first-order chi connectivity index (χ1) is 7.06. The van der Waals surface area contributed by atoms with Crippen LogP contribution in [0.5, 0.6) is 0 Å². The Bertz CT molecular complexity index is 205. The first-order valence-corrected chi connectivity index (χ1v) is 4.81. The van der Waals surface area contributed by atoms with Crippen LogP contribution in [0.1, 0.15) is 19.8 Å². The van der Waals surface area contributed by atoms with Gasteiger partial charge in [-0.25, -0.2) is 0 Å². The van der Waals surface area contributed by atoms with Gasteiger partial charge in [0.05, 0.1) is 0 Å². The van der Waals surface area contributed by atoms with E-state index in [9.17, 15) is 13.2 Å². The summed E-state index contributed by atoms with van der Waals surface area (Å²) in [4.78, 5) is 0. The molecule has 0 spiro atoms. The number of nitrogens with one attached hydrogen (secondary N) is 1. The van der Waals surface area contributed by atoms with Crippen LogP contribution in [0.2, 0.25) is 0 Å². The first-order valence-electron chi connectivity index (χ1n) is 4.81. The van der Waals surface area contributed by atoms with E-state index < -0.39 is 12.8 Å². The lowest BCUT2D eigenvalue weighted by Gasteiger charge is -2.07. The van der Waals surface area contributed by atoms with Gasteiger partial charge in [0.15, 0.2) is 0 Å². The molecule has 0 bridgehead atoms. The quantitative estimate of drug-likeness (QED) is 0.526. The predicted molar refractivity (Wildman–Crippen MR) is 52.4 cm³/mol. The lowest BCUT2D eigenvalue weighted by atomic mass is 10.4. The molecule has 0 aromatic carbocycles. The summed E-state index contributed by atoms with van der Waals surface area (Å²) in [7, 11) is 0. The second kappa shape index (κ2) is 8.57. The zero-order valence-electron chi connectivity index (χ0n) is 8.78. The van der Waals surface area contributed by atoms with Crippen molar-refractivity contribution in [3.8, 4) is 11.8 Å². The van der Waals surface area contributed by atoms with Crippen LogP contribution in [0.4, 0.5) is 13.2 Å². The fraction of sp³-hybridized carbons (Fsp3) is 0.800. The van der Waals surface area contributed by atoms with Crippen LogP contribution in [0.25, 0.3) is 0 Å². The molecular weight excluding hydrogens is 207 g/mol. The number of halogens is 3. The van der Waals surface area contributed by atoms with E-state index in [4.69, 9.17) is 0 Å². The maximum atomic E-state index is 11.6. The monoisotopic (exact) mass is 223 g/mol. The van der Waals surface area contributed by atoms with Crippen molar-refractivity contribution in [2.24, 2.45) is 0 Å². The molecule has 0 amide bonds. The van der Waals surface area contributed by atoms with Crippen molar-refractivity contribution in [2.45, 2.75) is 25.9 Å². The minimum absolute atomic E-state index is 0.131. The van der Waals surface area contributed by atoms with Crippen LogP contribution < -0.4 is 5.32 Å². The van der Waals surface area contributed by atoms with Crippen molar-refractivity contribution < 1.29 is 17.9 Å². The fourth-order valence-corrected chi connectivity index (χ4v) is 0.888. The third kappa shape index (κ3) is 13.3. The topological polar surface area (TPSA) is 21.3 Å². The normalized spacial score (nSPS) is 10.9. The van der Waals surface area contributed by atoms with E-state index in [-0.39, 0.29) is 6.61 Å². The van der Waals surface area contributed by atoms with Crippen molar-refractivity contribution >= 4 is 0 Å². The van der Waals surface area contributed by atoms with E-state index in [2.05, 4.69) is 21.9 Å². The molecule has 1 N–H and O–H groups in total. The molecule has 0 aliphatic heterocycles. The number of hydrogen-bond acceptors (Lipinski definition) is 2. The van der Waals surface area contributed by atoms with E-state index in [1.165, 1.54) is 0 Å². The Kier molecular flexibility index (Phi) is 8.15. The SMILES string of the molecule is CC#CCCNCCCOCC(F)(F)F. The van der Waals surface area contributed by atoms with Gasteiger partial charge in [0.1, 0.15) is 6.61 Å². The zero-order valence-corrected chi connectivity index (χ0v) is 8.78. The maximum absolute atomic E-state index is 11.6. The fourth-order valence-electron chi connectivity index (χ4n) is 0.888. The van der Waals surface area contributed by atoms with Crippen LogP contribution >= 0.6 is 0 Å². The molecule has 5 heteroatoms. The molecule has 0 saturated carbocycles. The van der Waals surface area contributed by atoms with Crippen molar-refractivity contribution in [2.75, 3.05) is 26.3 Å². The number of alkyl halides is 3. The molecule has 0 rings (SSSR count). The van der Waals surface area contributed by atoms with Gasteiger partial charge in [-0.15, -0.1) is 11.8 Å². The summed E-state index contributed by atoms with van der Waals surface area (Å²) in [5, 5.41) is 3.05. The Labute approximate surface area is 88.2 Å². The highest BCUT2D eigenvalue weighted by atomic mass is 19.4. The molecule has 0 aromatic heterocycles. The van der Waals surface area contributed by atoms with E-state index in [0.717, 1.165) is 13.0 Å². The minimum Gasteiger partial charge on any atom is -0.372 e. The molecule has 0 aliphatic rings. The molecule has 88 valence electrons. The van der Waals surface area contributed by atoms with E-state index in [1.54, 1.807) is 6.92 Å². The van der Waals surface area contributed by atoms with Gasteiger partial charge in [0.25, 0.3) is 0 Å². The van der Waals surface area contributed by atoms with Crippen LogP contribution in [0.15, 0.2) is 0 Å². The molecule has 0 atom stereocenters. The lowest BCUT2D eigenvalue weighted by Crippen LogP contribution is -2.21. The maximum Gasteiger partial charge on any atom is 0.411 e. The summed E-state index contributed by atoms with van der Waals surface area (Å²) in [6.45, 7) is 2.16. The van der Waals surface area contributed by atoms with Crippen LogP contribution in [-0.4, -0.2) is 32.5 Å². The lowest BCUT2D eigenvalue weighted by molar-refractivity contribution is -0.173. The summed E-state index contributed by atoms with van der Waals surface area (Å²) in [5.74, 6) is 5.63. The summed E-state index contributed by atoms with van der Waals surface area (Å²) < 4.78 is 39.3. The van der Waals surface area contributed by atoms with Crippen LogP contribution in [0.3, 0.4) is 0 Å². The van der Waals surface area contributed by atoms with E-state index >= 15 is 0 Å². The van der Waals surface area contributed by atoms with Gasteiger partial charge in [0, 0.05) is 19.6 Å². The second-order valence-electron chi connectivity index (χ2n) is 2.95. The second-order valence-corrected chi connectivity index (χ2v) is 2.95. The third-order valence-electron chi connectivity index (χ3n) is 1.51. The molecule has 0 heterocycles. The Morgan fingerprint density at radius 3 is 2.60 bits per heavy atom. The summed E-state index contributed by atoms with van der Waals surface area (Å²) in [6.07, 6.45) is -2.88. The van der Waals surface area contributed by atoms with Gasteiger partial charge in [-0.2, -0.15) is 13.2 Å². The van der Waals surface area contributed by atoms with Gasteiger partial charge in [-0.3, -0.25) is 0 Å². The summed E-state index contributed by atoms with van der Waals surface area (Å²) in [5.41, 5.74) is 0. The molecular formula is C10H16F3NO. The van der Waals surface area contributed by atoms with Crippen molar-refractivity contribution in [1.29, 1.82) is 0 Å². The average Bonchev–Trinajstić information content (AvgIpc) is 2.14. The van der Waals surface area contributed by atoms with Crippen molar-refractivity contribution in [1.82, 2.24) is 5.32 Å². The Balaban J connectivity index is 3.08. The first kappa shape index (κ1) is 14.3. The molecule has 0 aliphatic carbocycles. The highest BCUT2D eigenvalue weighted by Gasteiger charge is 2.26. The standard InChI is InChI=1S/C10H16F3NO/c1-2-3-4-6-14-7-5-8-15-9-10(11,12)13/h14H,4-9H2,1H3. The van der Waals surface area contributed by atoms with Gasteiger partial charge < -0.3 is 10.1 Å². The molecule has 0 radical (unpaired) electrons. The predicted octanol–water partition coefficient (Wildman–Crippen LogP) is 1.96. The zero-order chi connectivity index (χ0) is 11.6. The van der Waals surface area contributed by atoms with Gasteiger partial charge >= 0.3 is 6.18 Å². The summed E-state index contributed by atoms with van der Waals surface area (Å²) in [6, 6.07) is 0. The smallest absolute Gasteiger partial charge is 0.372 e. The van der Waals surface area contributed by atoms with Crippen molar-refractivity contribution in [3.63, 3.8) is 0 Å². The van der Waals surface area contributed by atoms with Crippen molar-refractivity contribution in [3.05, 3.63) is 0 Å². The molecule has 0 unspecified atom stereocenters. The van der Waals surface area contributed by atoms with Crippen LogP contribution in [-0.2, 0) is 4.74 Å². The molecule has 15 heavy (non-hydrogen) atoms. The molecule has 2 nitrogen and oxygen atoms in total. The van der Waals surface area contributed by atoms with E-state index in [1.807, 2.05) is 0 Å². The number of hydrogen-bond donors (Lipinski definition) is 1. The third-order valence-corrected chi connectivity index (χ3v) is 1.51. The van der Waals surface area contributed by atoms with Gasteiger partial charge in [-0.05, 0) is 19.9 Å². The number of ether oxygens (including phenoxy) is 1. The van der Waals surface area contributed by atoms with Gasteiger partial charge in [-0.1, -0.05) is 0 Å². The Morgan fingerprint density at radius 1 is 1.27 bits per heavy atom. The minimum atomic E-state index is -4.22. The molecule has 0 aromatic rings. The number of rotatable bonds is 7. The molecule has 0 saturated heterocycles. The van der Waals surface area contributed by atoms with Gasteiger partial charge in [0.2, 0.25) is 0 Å². The largest absolute Gasteiger partial charge is 0.411 e. The highest BCUT2D eigenvalue weighted by molar-refractivity contribution is 4.94. The summed E-state index contributed by atoms with van der Waals surface area (Å²) >= 11 is 0. The highest BCUT2D eigenvalue weighted by Crippen LogP contribution is 2.14.